The van der Waals surface area contributed by atoms with Crippen LogP contribution in [0.25, 0.3) is 0 Å². The number of benzene rings is 3. The van der Waals surface area contributed by atoms with E-state index in [0.29, 0.717) is 0 Å². The minimum Gasteiger partial charge on any atom is -0.350 e. The molecular formula is C27H30N4O6S2. The van der Waals surface area contributed by atoms with Crippen LogP contribution < -0.4 is 10.6 Å². The van der Waals surface area contributed by atoms with Gasteiger partial charge in [-0.25, -0.2) is 16.8 Å². The zero-order valence-electron chi connectivity index (χ0n) is 21.5. The highest BCUT2D eigenvalue weighted by Crippen LogP contribution is 2.26. The lowest BCUT2D eigenvalue weighted by Crippen LogP contribution is -2.60. The molecule has 0 aliphatic carbocycles. The third kappa shape index (κ3) is 6.19. The van der Waals surface area contributed by atoms with Crippen molar-refractivity contribution >= 4 is 37.5 Å². The van der Waals surface area contributed by atoms with E-state index in [1.807, 2.05) is 0 Å². The van der Waals surface area contributed by atoms with Gasteiger partial charge in [-0.15, -0.1) is 0 Å². The van der Waals surface area contributed by atoms with E-state index in [0.717, 1.165) is 8.61 Å². The Balaban J connectivity index is 1.70. The second-order valence-electron chi connectivity index (χ2n) is 9.28. The monoisotopic (exact) mass is 570 g/mol. The number of carbonyl (C=O) groups is 2. The summed E-state index contributed by atoms with van der Waals surface area (Å²) in [6, 6.07) is 20.2. The lowest BCUT2D eigenvalue weighted by molar-refractivity contribution is -0.120. The van der Waals surface area contributed by atoms with Gasteiger partial charge in [-0.2, -0.15) is 8.61 Å². The van der Waals surface area contributed by atoms with Crippen LogP contribution in [0.2, 0.25) is 0 Å². The molecule has 3 aromatic rings. The van der Waals surface area contributed by atoms with Gasteiger partial charge in [0.05, 0.1) is 21.0 Å². The molecule has 4 rings (SSSR count). The maximum Gasteiger partial charge on any atom is 0.253 e. The van der Waals surface area contributed by atoms with Crippen molar-refractivity contribution in [1.82, 2.24) is 13.9 Å². The minimum absolute atomic E-state index is 0.0149. The largest absolute Gasteiger partial charge is 0.350 e. The first kappa shape index (κ1) is 28.4. The molecule has 1 aliphatic heterocycles. The van der Waals surface area contributed by atoms with Crippen molar-refractivity contribution in [2.24, 2.45) is 0 Å². The number of nitrogens with zero attached hydrogens (tertiary/aromatic N) is 2. The quantitative estimate of drug-likeness (QED) is 0.428. The number of nitrogens with one attached hydrogen (secondary N) is 2. The molecule has 0 bridgehead atoms. The standard InChI is InChI=1S/C27H30N4O6S2/c1-20(2)28-26(32)23-15-9-10-16-24(23)29-27(33)25-19-30(38(34,35)21-11-5-3-6-12-21)17-18-31(25)39(36,37)22-13-7-4-8-14-22/h3-16,20,25H,17-19H2,1-2H3,(H,28,32)(H,29,33)/t25-/m0/s1. The molecule has 1 fully saturated rings. The molecule has 1 aliphatic rings. The smallest absolute Gasteiger partial charge is 0.253 e. The summed E-state index contributed by atoms with van der Waals surface area (Å²) in [7, 11) is -8.15. The lowest BCUT2D eigenvalue weighted by atomic mass is 10.1. The SMILES string of the molecule is CC(C)NC(=O)c1ccccc1NC(=O)[C@@H]1CN(S(=O)(=O)c2ccccc2)CCN1S(=O)(=O)c1ccccc1. The second kappa shape index (κ2) is 11.7. The molecular weight excluding hydrogens is 540 g/mol. The van der Waals surface area contributed by atoms with Gasteiger partial charge in [0.15, 0.2) is 0 Å². The van der Waals surface area contributed by atoms with Crippen LogP contribution in [-0.2, 0) is 24.8 Å². The van der Waals surface area contributed by atoms with E-state index in [2.05, 4.69) is 10.6 Å². The van der Waals surface area contributed by atoms with Crippen molar-refractivity contribution in [3.63, 3.8) is 0 Å². The molecule has 1 saturated heterocycles. The van der Waals surface area contributed by atoms with Gasteiger partial charge in [-0.3, -0.25) is 9.59 Å². The minimum atomic E-state index is -4.15. The van der Waals surface area contributed by atoms with Crippen molar-refractivity contribution < 1.29 is 26.4 Å². The molecule has 0 saturated carbocycles. The number of sulfonamides is 2. The first-order valence-electron chi connectivity index (χ1n) is 12.3. The summed E-state index contributed by atoms with van der Waals surface area (Å²) in [5, 5.41) is 5.44. The van der Waals surface area contributed by atoms with Crippen molar-refractivity contribution in [1.29, 1.82) is 0 Å². The number of piperazine rings is 1. The third-order valence-electron chi connectivity index (χ3n) is 6.18. The Hall–Kier alpha value is -3.58. The number of carbonyl (C=O) groups excluding carboxylic acids is 2. The summed E-state index contributed by atoms with van der Waals surface area (Å²) >= 11 is 0. The maximum atomic E-state index is 13.7. The molecule has 12 heteroatoms. The molecule has 0 unspecified atom stereocenters. The van der Waals surface area contributed by atoms with Crippen molar-refractivity contribution in [2.45, 2.75) is 35.7 Å². The first-order valence-corrected chi connectivity index (χ1v) is 15.2. The molecule has 1 heterocycles. The topological polar surface area (TPSA) is 133 Å². The molecule has 2 N–H and O–H groups in total. The number of anilines is 1. The average Bonchev–Trinajstić information content (AvgIpc) is 2.93. The molecule has 10 nitrogen and oxygen atoms in total. The van der Waals surface area contributed by atoms with Crippen LogP contribution in [0.15, 0.2) is 94.7 Å². The first-order chi connectivity index (χ1) is 18.5. The fourth-order valence-corrected chi connectivity index (χ4v) is 7.33. The zero-order chi connectivity index (χ0) is 28.2. The van der Waals surface area contributed by atoms with Crippen molar-refractivity contribution in [3.8, 4) is 0 Å². The van der Waals surface area contributed by atoms with Gasteiger partial charge >= 0.3 is 0 Å². The third-order valence-corrected chi connectivity index (χ3v) is 9.98. The number of amides is 2. The van der Waals surface area contributed by atoms with E-state index in [9.17, 15) is 26.4 Å². The van der Waals surface area contributed by atoms with Crippen LogP contribution in [0.4, 0.5) is 5.69 Å². The molecule has 2 amide bonds. The van der Waals surface area contributed by atoms with Gasteiger partial charge in [-0.05, 0) is 50.2 Å². The highest BCUT2D eigenvalue weighted by atomic mass is 32.2. The predicted molar refractivity (Wildman–Crippen MR) is 147 cm³/mol. The fraction of sp³-hybridized carbons (Fsp3) is 0.259. The van der Waals surface area contributed by atoms with E-state index >= 15 is 0 Å². The Labute approximate surface area is 228 Å². The Morgan fingerprint density at radius 2 is 1.31 bits per heavy atom. The molecule has 0 radical (unpaired) electrons. The molecule has 206 valence electrons. The number of hydrogen-bond acceptors (Lipinski definition) is 6. The van der Waals surface area contributed by atoms with E-state index in [4.69, 9.17) is 0 Å². The van der Waals surface area contributed by atoms with Crippen LogP contribution >= 0.6 is 0 Å². The number of para-hydroxylation sites is 1. The van der Waals surface area contributed by atoms with Gasteiger partial charge in [-0.1, -0.05) is 48.5 Å². The normalized spacial score (nSPS) is 17.1. The summed E-state index contributed by atoms with van der Waals surface area (Å²) in [4.78, 5) is 26.4. The van der Waals surface area contributed by atoms with Gasteiger partial charge in [0.2, 0.25) is 26.0 Å². The van der Waals surface area contributed by atoms with Gasteiger partial charge in [0.25, 0.3) is 5.91 Å². The van der Waals surface area contributed by atoms with E-state index in [-0.39, 0.29) is 40.2 Å². The van der Waals surface area contributed by atoms with Crippen molar-refractivity contribution in [3.05, 3.63) is 90.5 Å². The lowest BCUT2D eigenvalue weighted by Gasteiger charge is -2.39. The number of hydrogen-bond donors (Lipinski definition) is 2. The highest BCUT2D eigenvalue weighted by Gasteiger charge is 2.43. The van der Waals surface area contributed by atoms with E-state index < -0.39 is 44.4 Å². The fourth-order valence-electron chi connectivity index (χ4n) is 4.28. The number of rotatable bonds is 8. The van der Waals surface area contributed by atoms with Crippen LogP contribution in [-0.4, -0.2) is 69.0 Å². The van der Waals surface area contributed by atoms with E-state index in [1.54, 1.807) is 68.4 Å². The maximum absolute atomic E-state index is 13.7. The van der Waals surface area contributed by atoms with Crippen LogP contribution in [0.3, 0.4) is 0 Å². The van der Waals surface area contributed by atoms with Gasteiger partial charge in [0.1, 0.15) is 6.04 Å². The van der Waals surface area contributed by atoms with E-state index in [1.165, 1.54) is 30.3 Å². The molecule has 39 heavy (non-hydrogen) atoms. The van der Waals surface area contributed by atoms with Crippen LogP contribution in [0.1, 0.15) is 24.2 Å². The Kier molecular flexibility index (Phi) is 8.50. The summed E-state index contributed by atoms with van der Waals surface area (Å²) in [6.45, 7) is 2.82. The van der Waals surface area contributed by atoms with Gasteiger partial charge < -0.3 is 10.6 Å². The molecule has 0 aromatic heterocycles. The highest BCUT2D eigenvalue weighted by molar-refractivity contribution is 7.89. The van der Waals surface area contributed by atoms with Crippen molar-refractivity contribution in [2.75, 3.05) is 25.0 Å². The van der Waals surface area contributed by atoms with Crippen LogP contribution in [0.5, 0.6) is 0 Å². The molecule has 3 aromatic carbocycles. The van der Waals surface area contributed by atoms with Gasteiger partial charge in [0, 0.05) is 25.7 Å². The zero-order valence-corrected chi connectivity index (χ0v) is 23.2. The summed E-state index contributed by atoms with van der Waals surface area (Å²) in [5.41, 5.74) is 0.377. The van der Waals surface area contributed by atoms with Crippen LogP contribution in [0, 0.1) is 0 Å². The molecule has 1 atom stereocenters. The Morgan fingerprint density at radius 1 is 0.769 bits per heavy atom. The second-order valence-corrected chi connectivity index (χ2v) is 13.1. The average molecular weight is 571 g/mol. The summed E-state index contributed by atoms with van der Waals surface area (Å²) in [6.07, 6.45) is 0. The Bertz CT molecular complexity index is 1550. The summed E-state index contributed by atoms with van der Waals surface area (Å²) in [5.74, 6) is -1.17. The summed E-state index contributed by atoms with van der Waals surface area (Å²) < 4.78 is 56.0. The molecule has 0 spiro atoms. The Morgan fingerprint density at radius 3 is 1.90 bits per heavy atom. The predicted octanol–water partition coefficient (Wildman–Crippen LogP) is 2.53.